The number of methoxy groups -OCH3 is 1. The van der Waals surface area contributed by atoms with Crippen LogP contribution in [-0.4, -0.2) is 39.9 Å². The van der Waals surface area contributed by atoms with Gasteiger partial charge in [0.15, 0.2) is 5.96 Å². The normalized spacial score (nSPS) is 11.3. The zero-order valence-electron chi connectivity index (χ0n) is 14.2. The van der Waals surface area contributed by atoms with Crippen molar-refractivity contribution in [2.24, 2.45) is 4.99 Å². The van der Waals surface area contributed by atoms with Crippen molar-refractivity contribution in [3.8, 4) is 5.75 Å². The van der Waals surface area contributed by atoms with Gasteiger partial charge < -0.3 is 20.1 Å². The fraction of sp³-hybridized carbons (Fsp3) is 0.389. The van der Waals surface area contributed by atoms with Crippen molar-refractivity contribution in [2.45, 2.75) is 12.8 Å². The van der Waals surface area contributed by atoms with Gasteiger partial charge in [-0.2, -0.15) is 11.3 Å². The summed E-state index contributed by atoms with van der Waals surface area (Å²) in [5.74, 6) is 1.59. The van der Waals surface area contributed by atoms with Gasteiger partial charge in [-0.25, -0.2) is 0 Å². The third-order valence-corrected chi connectivity index (χ3v) is 4.10. The van der Waals surface area contributed by atoms with Crippen LogP contribution in [0.1, 0.15) is 12.0 Å². The van der Waals surface area contributed by atoms with E-state index in [9.17, 15) is 0 Å². The predicted molar refractivity (Wildman–Crippen MR) is 101 cm³/mol. The molecule has 0 aliphatic heterocycles. The summed E-state index contributed by atoms with van der Waals surface area (Å²) in [5, 5.41) is 10.9. The Labute approximate surface area is 147 Å². The third kappa shape index (κ3) is 6.60. The zero-order chi connectivity index (χ0) is 17.0. The van der Waals surface area contributed by atoms with E-state index >= 15 is 0 Å². The van der Waals surface area contributed by atoms with Gasteiger partial charge in [-0.15, -0.1) is 0 Å². The molecule has 24 heavy (non-hydrogen) atoms. The fourth-order valence-corrected chi connectivity index (χ4v) is 2.84. The Morgan fingerprint density at radius 3 is 2.92 bits per heavy atom. The van der Waals surface area contributed by atoms with E-state index < -0.39 is 0 Å². The van der Waals surface area contributed by atoms with Crippen LogP contribution in [0, 0.1) is 0 Å². The lowest BCUT2D eigenvalue weighted by molar-refractivity contribution is 0.172. The van der Waals surface area contributed by atoms with Crippen molar-refractivity contribution in [3.05, 3.63) is 46.7 Å². The number of nitrogens with one attached hydrogen (secondary N) is 2. The van der Waals surface area contributed by atoms with Gasteiger partial charge in [-0.3, -0.25) is 4.99 Å². The smallest absolute Gasteiger partial charge is 0.195 e. The molecule has 0 radical (unpaired) electrons. The van der Waals surface area contributed by atoms with Crippen LogP contribution in [0.3, 0.4) is 0 Å². The van der Waals surface area contributed by atoms with E-state index in [1.165, 1.54) is 5.56 Å². The van der Waals surface area contributed by atoms with Crippen molar-refractivity contribution < 1.29 is 9.47 Å². The molecule has 6 heteroatoms. The molecule has 130 valence electrons. The van der Waals surface area contributed by atoms with E-state index in [1.54, 1.807) is 25.5 Å². The minimum atomic E-state index is 0.644. The van der Waals surface area contributed by atoms with E-state index in [0.29, 0.717) is 13.2 Å². The second-order valence-electron chi connectivity index (χ2n) is 5.23. The van der Waals surface area contributed by atoms with Crippen LogP contribution in [0.25, 0.3) is 0 Å². The number of hydrogen-bond acceptors (Lipinski definition) is 4. The summed E-state index contributed by atoms with van der Waals surface area (Å²) >= 11 is 1.72. The van der Waals surface area contributed by atoms with E-state index in [4.69, 9.17) is 9.47 Å². The molecule has 0 unspecified atom stereocenters. The maximum Gasteiger partial charge on any atom is 0.195 e. The highest BCUT2D eigenvalue weighted by Crippen LogP contribution is 2.17. The Balaban J connectivity index is 1.79. The minimum Gasteiger partial charge on any atom is -0.493 e. The highest BCUT2D eigenvalue weighted by atomic mass is 32.1. The summed E-state index contributed by atoms with van der Waals surface area (Å²) in [5.41, 5.74) is 2.29. The molecule has 2 aromatic rings. The molecule has 0 aliphatic rings. The van der Waals surface area contributed by atoms with Crippen molar-refractivity contribution in [3.63, 3.8) is 0 Å². The first-order valence-corrected chi connectivity index (χ1v) is 8.96. The number of rotatable bonds is 9. The zero-order valence-corrected chi connectivity index (χ0v) is 15.1. The Morgan fingerprint density at radius 1 is 1.25 bits per heavy atom. The number of nitrogens with zero attached hydrogens (tertiary/aromatic N) is 1. The van der Waals surface area contributed by atoms with Crippen molar-refractivity contribution >= 4 is 23.0 Å². The largest absolute Gasteiger partial charge is 0.493 e. The first-order valence-electron chi connectivity index (χ1n) is 8.02. The molecule has 2 N–H and O–H groups in total. The summed E-state index contributed by atoms with van der Waals surface area (Å²) < 4.78 is 10.7. The van der Waals surface area contributed by atoms with Gasteiger partial charge in [-0.05, 0) is 40.9 Å². The van der Waals surface area contributed by atoms with Gasteiger partial charge in [0.2, 0.25) is 0 Å². The fourth-order valence-electron chi connectivity index (χ4n) is 2.13. The van der Waals surface area contributed by atoms with E-state index in [1.807, 2.05) is 24.3 Å². The van der Waals surface area contributed by atoms with Gasteiger partial charge in [0.05, 0.1) is 6.61 Å². The van der Waals surface area contributed by atoms with Crippen LogP contribution in [0.15, 0.2) is 46.1 Å². The Morgan fingerprint density at radius 2 is 2.17 bits per heavy atom. The minimum absolute atomic E-state index is 0.644. The molecular formula is C18H25N3O2S. The van der Waals surface area contributed by atoms with Crippen LogP contribution in [0.4, 0.5) is 5.69 Å². The lowest BCUT2D eigenvalue weighted by Gasteiger charge is -2.13. The summed E-state index contributed by atoms with van der Waals surface area (Å²) in [6.07, 6.45) is 1.85. The molecule has 0 saturated carbocycles. The lowest BCUT2D eigenvalue weighted by atomic mass is 10.2. The average molecular weight is 347 g/mol. The number of ether oxygens (including phenoxy) is 2. The van der Waals surface area contributed by atoms with Crippen molar-refractivity contribution in [1.82, 2.24) is 5.32 Å². The molecular weight excluding hydrogens is 322 g/mol. The molecule has 0 fully saturated rings. The molecule has 0 aliphatic carbocycles. The maximum absolute atomic E-state index is 5.71. The summed E-state index contributed by atoms with van der Waals surface area (Å²) in [6.45, 7) is 2.19. The quantitative estimate of drug-likeness (QED) is 0.415. The summed E-state index contributed by atoms with van der Waals surface area (Å²) in [6, 6.07) is 10.0. The second kappa shape index (κ2) is 10.7. The Kier molecular flexibility index (Phi) is 8.13. The average Bonchev–Trinajstić information content (AvgIpc) is 3.12. The van der Waals surface area contributed by atoms with Gasteiger partial charge in [0, 0.05) is 45.5 Å². The number of aliphatic imine (C=N–C) groups is 1. The summed E-state index contributed by atoms with van der Waals surface area (Å²) in [4.78, 5) is 4.26. The predicted octanol–water partition coefficient (Wildman–Crippen LogP) is 3.39. The van der Waals surface area contributed by atoms with Crippen LogP contribution in [0.2, 0.25) is 0 Å². The second-order valence-corrected chi connectivity index (χ2v) is 6.01. The third-order valence-electron chi connectivity index (χ3n) is 3.37. The molecule has 1 aromatic heterocycles. The van der Waals surface area contributed by atoms with E-state index in [2.05, 4.69) is 32.5 Å². The van der Waals surface area contributed by atoms with E-state index in [0.717, 1.165) is 36.8 Å². The first kappa shape index (κ1) is 18.3. The number of anilines is 1. The first-order chi connectivity index (χ1) is 11.8. The van der Waals surface area contributed by atoms with E-state index in [-0.39, 0.29) is 0 Å². The molecule has 1 heterocycles. The van der Waals surface area contributed by atoms with Gasteiger partial charge >= 0.3 is 0 Å². The SMILES string of the molecule is CN=C(NCCc1ccsc1)Nc1cccc(OCCCOC)c1. The molecule has 2 rings (SSSR count). The van der Waals surface area contributed by atoms with Crippen LogP contribution >= 0.6 is 11.3 Å². The topological polar surface area (TPSA) is 54.9 Å². The highest BCUT2D eigenvalue weighted by Gasteiger charge is 2.02. The van der Waals surface area contributed by atoms with Gasteiger partial charge in [-0.1, -0.05) is 6.07 Å². The molecule has 0 spiro atoms. The Bertz CT molecular complexity index is 614. The molecule has 0 bridgehead atoms. The van der Waals surface area contributed by atoms with Gasteiger partial charge in [0.1, 0.15) is 5.75 Å². The van der Waals surface area contributed by atoms with Crippen LogP contribution < -0.4 is 15.4 Å². The van der Waals surface area contributed by atoms with Crippen LogP contribution in [0.5, 0.6) is 5.75 Å². The highest BCUT2D eigenvalue weighted by molar-refractivity contribution is 7.07. The molecule has 0 atom stereocenters. The number of hydrogen-bond donors (Lipinski definition) is 2. The standard InChI is InChI=1S/C18H25N3O2S/c1-19-18(20-9-7-15-8-12-24-14-15)21-16-5-3-6-17(13-16)23-11-4-10-22-2/h3,5-6,8,12-14H,4,7,9-11H2,1-2H3,(H2,19,20,21). The molecule has 0 amide bonds. The number of thiophene rings is 1. The monoisotopic (exact) mass is 347 g/mol. The van der Waals surface area contributed by atoms with Crippen molar-refractivity contribution in [2.75, 3.05) is 39.2 Å². The maximum atomic E-state index is 5.71. The number of guanidine groups is 1. The number of benzene rings is 1. The molecule has 1 aromatic carbocycles. The lowest BCUT2D eigenvalue weighted by Crippen LogP contribution is -2.32. The molecule has 5 nitrogen and oxygen atoms in total. The van der Waals surface area contributed by atoms with Gasteiger partial charge in [0.25, 0.3) is 0 Å². The van der Waals surface area contributed by atoms with Crippen LogP contribution in [-0.2, 0) is 11.2 Å². The Hall–Kier alpha value is -2.05. The summed E-state index contributed by atoms with van der Waals surface area (Å²) in [7, 11) is 3.46. The van der Waals surface area contributed by atoms with Crippen molar-refractivity contribution in [1.29, 1.82) is 0 Å². The molecule has 0 saturated heterocycles.